The van der Waals surface area contributed by atoms with E-state index in [-0.39, 0.29) is 12.4 Å². The number of halogens is 3. The van der Waals surface area contributed by atoms with Gasteiger partial charge in [0.05, 0.1) is 16.6 Å². The summed E-state index contributed by atoms with van der Waals surface area (Å²) >= 11 is 0. The van der Waals surface area contributed by atoms with Crippen molar-refractivity contribution in [3.8, 4) is 17.6 Å². The predicted octanol–water partition coefficient (Wildman–Crippen LogP) is 6.16. The molecule has 1 heterocycles. The van der Waals surface area contributed by atoms with Gasteiger partial charge >= 0.3 is 6.36 Å². The Balaban J connectivity index is 1.35. The van der Waals surface area contributed by atoms with Gasteiger partial charge in [-0.2, -0.15) is 5.26 Å². The van der Waals surface area contributed by atoms with Crippen LogP contribution >= 0.6 is 0 Å². The number of nitrogens with zero attached hydrogens (tertiary/aromatic N) is 2. The average molecular weight is 506 g/mol. The summed E-state index contributed by atoms with van der Waals surface area (Å²) in [6.07, 6.45) is -3.09. The summed E-state index contributed by atoms with van der Waals surface area (Å²) in [4.78, 5) is 19.8. The molecule has 0 aliphatic heterocycles. The number of alkyl halides is 3. The molecule has 10 heteroatoms. The molecule has 3 aromatic carbocycles. The highest BCUT2D eigenvalue weighted by atomic mass is 19.4. The number of nitrogens with one attached hydrogen (secondary N) is 2. The molecule has 0 saturated heterocycles. The second-order valence-electron chi connectivity index (χ2n) is 8.19. The molecule has 188 valence electrons. The summed E-state index contributed by atoms with van der Waals surface area (Å²) in [7, 11) is 0. The lowest BCUT2D eigenvalue weighted by atomic mass is 10.1. The van der Waals surface area contributed by atoms with E-state index in [4.69, 9.17) is 4.74 Å². The van der Waals surface area contributed by atoms with E-state index < -0.39 is 12.3 Å². The highest BCUT2D eigenvalue weighted by molar-refractivity contribution is 5.92. The molecular formula is C27H21F3N4O3. The fourth-order valence-corrected chi connectivity index (χ4v) is 3.46. The first-order chi connectivity index (χ1) is 17.6. The Kier molecular flexibility index (Phi) is 7.15. The number of hydrogen-bond donors (Lipinski definition) is 2. The van der Waals surface area contributed by atoms with Crippen LogP contribution in [0.15, 0.2) is 60.7 Å². The van der Waals surface area contributed by atoms with Gasteiger partial charge in [0.25, 0.3) is 5.91 Å². The molecule has 0 spiro atoms. The molecule has 1 amide bonds. The molecule has 2 N–H and O–H groups in total. The van der Waals surface area contributed by atoms with Gasteiger partial charge in [0.15, 0.2) is 6.61 Å². The highest BCUT2D eigenvalue weighted by Gasteiger charge is 2.31. The molecule has 0 radical (unpaired) electrons. The minimum Gasteiger partial charge on any atom is -0.484 e. The van der Waals surface area contributed by atoms with E-state index in [1.54, 1.807) is 30.3 Å². The van der Waals surface area contributed by atoms with Crippen molar-refractivity contribution in [3.05, 3.63) is 83.2 Å². The number of benzene rings is 3. The molecular weight excluding hydrogens is 485 g/mol. The van der Waals surface area contributed by atoms with Crippen molar-refractivity contribution in [1.29, 1.82) is 5.26 Å². The molecule has 0 bridgehead atoms. The number of hydrogen-bond acceptors (Lipinski definition) is 5. The van der Waals surface area contributed by atoms with Crippen LogP contribution in [-0.4, -0.2) is 28.8 Å². The number of nitriles is 1. The quantitative estimate of drug-likeness (QED) is 0.293. The Bertz CT molecular complexity index is 1460. The monoisotopic (exact) mass is 506 g/mol. The second kappa shape index (κ2) is 10.5. The summed E-state index contributed by atoms with van der Waals surface area (Å²) in [6, 6.07) is 17.7. The first-order valence-electron chi connectivity index (χ1n) is 11.1. The van der Waals surface area contributed by atoms with Crippen LogP contribution in [-0.2, 0) is 4.79 Å². The minimum atomic E-state index is -4.79. The van der Waals surface area contributed by atoms with E-state index in [1.165, 1.54) is 12.1 Å². The number of allylic oxidation sites excluding steroid dienone is 1. The zero-order valence-corrected chi connectivity index (χ0v) is 19.8. The van der Waals surface area contributed by atoms with Crippen LogP contribution in [0, 0.1) is 25.2 Å². The number of H-pyrrole nitrogens is 1. The maximum absolute atomic E-state index is 12.2. The summed E-state index contributed by atoms with van der Waals surface area (Å²) in [5.41, 5.74) is 5.28. The van der Waals surface area contributed by atoms with Crippen LogP contribution in [0.3, 0.4) is 0 Å². The number of rotatable bonds is 7. The third-order valence-electron chi connectivity index (χ3n) is 5.41. The first-order valence-corrected chi connectivity index (χ1v) is 11.1. The summed E-state index contributed by atoms with van der Waals surface area (Å²) in [5.74, 6) is 0.0171. The van der Waals surface area contributed by atoms with Crippen LogP contribution in [0.25, 0.3) is 22.7 Å². The van der Waals surface area contributed by atoms with Crippen molar-refractivity contribution in [2.24, 2.45) is 0 Å². The van der Waals surface area contributed by atoms with E-state index >= 15 is 0 Å². The third kappa shape index (κ3) is 6.67. The summed E-state index contributed by atoms with van der Waals surface area (Å²) in [6.45, 7) is 3.71. The van der Waals surface area contributed by atoms with Crippen LogP contribution in [0.2, 0.25) is 0 Å². The molecule has 0 saturated carbocycles. The lowest BCUT2D eigenvalue weighted by Crippen LogP contribution is -2.20. The highest BCUT2D eigenvalue weighted by Crippen LogP contribution is 2.25. The van der Waals surface area contributed by atoms with Gasteiger partial charge < -0.3 is 19.8 Å². The number of carbonyl (C=O) groups excluding carboxylic acids is 1. The van der Waals surface area contributed by atoms with Crippen molar-refractivity contribution in [1.82, 2.24) is 9.97 Å². The maximum Gasteiger partial charge on any atom is 0.573 e. The number of anilines is 1. The van der Waals surface area contributed by atoms with E-state index in [0.717, 1.165) is 39.9 Å². The van der Waals surface area contributed by atoms with Crippen LogP contribution in [0.1, 0.15) is 22.5 Å². The zero-order valence-electron chi connectivity index (χ0n) is 19.8. The Morgan fingerprint density at radius 2 is 1.70 bits per heavy atom. The molecule has 0 fully saturated rings. The fourth-order valence-electron chi connectivity index (χ4n) is 3.46. The number of amides is 1. The van der Waals surface area contributed by atoms with E-state index in [2.05, 4.69) is 26.1 Å². The fraction of sp³-hybridized carbons (Fsp3) is 0.148. The van der Waals surface area contributed by atoms with Crippen LogP contribution in [0.5, 0.6) is 11.5 Å². The van der Waals surface area contributed by atoms with Gasteiger partial charge in [-0.05, 0) is 85.1 Å². The number of imidazole rings is 1. The van der Waals surface area contributed by atoms with Gasteiger partial charge in [-0.15, -0.1) is 13.2 Å². The molecule has 4 rings (SSSR count). The molecule has 0 aliphatic carbocycles. The van der Waals surface area contributed by atoms with Crippen LogP contribution < -0.4 is 14.8 Å². The SMILES string of the molecule is Cc1cc2nc(/C(C#N)=C/c3ccc(OCC(=O)Nc4ccc(OC(F)(F)F)cc4)cc3)[nH]c2cc1C. The normalized spacial score (nSPS) is 11.7. The number of fused-ring (bicyclic) bond motifs is 1. The topological polar surface area (TPSA) is 100 Å². The Morgan fingerprint density at radius 3 is 2.35 bits per heavy atom. The average Bonchev–Trinajstić information content (AvgIpc) is 3.25. The van der Waals surface area contributed by atoms with E-state index in [9.17, 15) is 23.2 Å². The molecule has 1 aromatic heterocycles. The van der Waals surface area contributed by atoms with Gasteiger partial charge in [-0.1, -0.05) is 12.1 Å². The molecule has 4 aromatic rings. The molecule has 0 unspecified atom stereocenters. The molecule has 0 aliphatic rings. The molecule has 7 nitrogen and oxygen atoms in total. The first kappa shape index (κ1) is 25.3. The Labute approximate surface area is 210 Å². The zero-order chi connectivity index (χ0) is 26.6. The number of aromatic nitrogens is 2. The van der Waals surface area contributed by atoms with Crippen molar-refractivity contribution >= 4 is 34.3 Å². The van der Waals surface area contributed by atoms with Crippen LogP contribution in [0.4, 0.5) is 18.9 Å². The minimum absolute atomic E-state index is 0.295. The third-order valence-corrected chi connectivity index (χ3v) is 5.41. The van der Waals surface area contributed by atoms with Crippen molar-refractivity contribution in [3.63, 3.8) is 0 Å². The Morgan fingerprint density at radius 1 is 1.05 bits per heavy atom. The van der Waals surface area contributed by atoms with Crippen molar-refractivity contribution in [2.75, 3.05) is 11.9 Å². The molecule has 37 heavy (non-hydrogen) atoms. The molecule has 0 atom stereocenters. The number of carbonyl (C=O) groups is 1. The van der Waals surface area contributed by atoms with Gasteiger partial charge in [0.2, 0.25) is 0 Å². The van der Waals surface area contributed by atoms with E-state index in [0.29, 0.717) is 22.8 Å². The summed E-state index contributed by atoms with van der Waals surface area (Å²) < 4.78 is 46.0. The summed E-state index contributed by atoms with van der Waals surface area (Å²) in [5, 5.41) is 12.2. The largest absolute Gasteiger partial charge is 0.573 e. The van der Waals surface area contributed by atoms with Gasteiger partial charge in [-0.25, -0.2) is 4.98 Å². The maximum atomic E-state index is 12.2. The standard InChI is InChI=1S/C27H21F3N4O3/c1-16-11-23-24(12-17(16)2)34-26(33-23)19(14-31)13-18-3-7-21(8-4-18)36-15-25(35)32-20-5-9-22(10-6-20)37-27(28,29)30/h3-13H,15H2,1-2H3,(H,32,35)(H,33,34)/b19-13+. The van der Waals surface area contributed by atoms with Gasteiger partial charge in [0.1, 0.15) is 23.4 Å². The Hall–Kier alpha value is -4.78. The predicted molar refractivity (Wildman–Crippen MR) is 133 cm³/mol. The van der Waals surface area contributed by atoms with Gasteiger partial charge in [0, 0.05) is 5.69 Å². The lowest BCUT2D eigenvalue weighted by Gasteiger charge is -2.10. The lowest BCUT2D eigenvalue weighted by molar-refractivity contribution is -0.274. The van der Waals surface area contributed by atoms with Crippen molar-refractivity contribution < 1.29 is 27.4 Å². The van der Waals surface area contributed by atoms with Gasteiger partial charge in [-0.3, -0.25) is 4.79 Å². The number of aryl methyl sites for hydroxylation is 2. The number of ether oxygens (including phenoxy) is 2. The number of aromatic amines is 1. The van der Waals surface area contributed by atoms with E-state index in [1.807, 2.05) is 26.0 Å². The smallest absolute Gasteiger partial charge is 0.484 e. The van der Waals surface area contributed by atoms with Crippen molar-refractivity contribution in [2.45, 2.75) is 20.2 Å². The second-order valence-corrected chi connectivity index (χ2v) is 8.19.